The first-order chi connectivity index (χ1) is 14.3. The first-order valence-electron chi connectivity index (χ1n) is 9.46. The summed E-state index contributed by atoms with van der Waals surface area (Å²) in [5.74, 6) is -1.33. The molecule has 0 aliphatic rings. The van der Waals surface area contributed by atoms with Gasteiger partial charge in [0.05, 0.1) is 12.3 Å². The van der Waals surface area contributed by atoms with Gasteiger partial charge in [0.25, 0.3) is 0 Å². The highest BCUT2D eigenvalue weighted by Crippen LogP contribution is 2.32. The first-order valence-corrected chi connectivity index (χ1v) is 10.6. The second-order valence-corrected chi connectivity index (χ2v) is 7.96. The van der Waals surface area contributed by atoms with Gasteiger partial charge in [0.1, 0.15) is 11.4 Å². The molecule has 0 amide bonds. The molecule has 3 rings (SSSR count). The number of hydrogen-bond donors (Lipinski definition) is 0. The number of carbonyl (C=O) groups excluding carboxylic acids is 1. The van der Waals surface area contributed by atoms with Gasteiger partial charge in [-0.05, 0) is 56.7 Å². The van der Waals surface area contributed by atoms with Gasteiger partial charge >= 0.3 is 5.97 Å². The lowest BCUT2D eigenvalue weighted by Gasteiger charge is -2.22. The summed E-state index contributed by atoms with van der Waals surface area (Å²) < 4.78 is 22.4. The Bertz CT molecular complexity index is 1170. The van der Waals surface area contributed by atoms with Gasteiger partial charge in [0.2, 0.25) is 5.43 Å². The SMILES string of the molecule is CCOC(=O)c1c(-c2ccc(Br)cc2F)n(CC)c(C)c(-c2ccc(Cl)cc2)c1=O. The molecule has 0 bridgehead atoms. The predicted molar refractivity (Wildman–Crippen MR) is 121 cm³/mol. The first kappa shape index (κ1) is 22.2. The summed E-state index contributed by atoms with van der Waals surface area (Å²) in [4.78, 5) is 26.4. The van der Waals surface area contributed by atoms with Gasteiger partial charge in [-0.1, -0.05) is 39.7 Å². The highest BCUT2D eigenvalue weighted by atomic mass is 79.9. The Hall–Kier alpha value is -2.44. The van der Waals surface area contributed by atoms with E-state index < -0.39 is 17.2 Å². The zero-order chi connectivity index (χ0) is 22.0. The van der Waals surface area contributed by atoms with Gasteiger partial charge in [-0.3, -0.25) is 4.79 Å². The van der Waals surface area contributed by atoms with E-state index in [4.69, 9.17) is 16.3 Å². The third kappa shape index (κ3) is 4.07. The topological polar surface area (TPSA) is 48.3 Å². The lowest BCUT2D eigenvalue weighted by atomic mass is 9.96. The molecule has 7 heteroatoms. The molecule has 0 saturated heterocycles. The Morgan fingerprint density at radius 1 is 1.17 bits per heavy atom. The quantitative estimate of drug-likeness (QED) is 0.396. The van der Waals surface area contributed by atoms with Gasteiger partial charge in [-0.15, -0.1) is 0 Å². The minimum atomic E-state index is -0.780. The molecule has 156 valence electrons. The van der Waals surface area contributed by atoms with Gasteiger partial charge in [0, 0.05) is 32.9 Å². The van der Waals surface area contributed by atoms with Crippen molar-refractivity contribution in [2.45, 2.75) is 27.3 Å². The lowest BCUT2D eigenvalue weighted by molar-refractivity contribution is 0.0525. The molecule has 0 saturated carbocycles. The molecule has 1 heterocycles. The molecule has 4 nitrogen and oxygen atoms in total. The summed E-state index contributed by atoms with van der Waals surface area (Å²) in [5, 5.41) is 0.534. The largest absolute Gasteiger partial charge is 0.462 e. The van der Waals surface area contributed by atoms with E-state index in [1.54, 1.807) is 54.8 Å². The van der Waals surface area contributed by atoms with E-state index in [-0.39, 0.29) is 23.4 Å². The van der Waals surface area contributed by atoms with Crippen LogP contribution in [0, 0.1) is 12.7 Å². The van der Waals surface area contributed by atoms with Crippen LogP contribution in [0.3, 0.4) is 0 Å². The Balaban J connectivity index is 2.46. The molecule has 0 aliphatic heterocycles. The number of aromatic nitrogens is 1. The molecular weight excluding hydrogens is 473 g/mol. The van der Waals surface area contributed by atoms with E-state index in [2.05, 4.69) is 15.9 Å². The molecule has 3 aromatic rings. The van der Waals surface area contributed by atoms with Crippen LogP contribution in [0.15, 0.2) is 51.7 Å². The predicted octanol–water partition coefficient (Wildman–Crippen LogP) is 6.24. The number of pyridine rings is 1. The minimum Gasteiger partial charge on any atom is -0.462 e. The zero-order valence-corrected chi connectivity index (χ0v) is 19.1. The smallest absolute Gasteiger partial charge is 0.344 e. The van der Waals surface area contributed by atoms with E-state index in [0.29, 0.717) is 32.9 Å². The Morgan fingerprint density at radius 2 is 1.83 bits per heavy atom. The van der Waals surface area contributed by atoms with Crippen molar-refractivity contribution in [3.8, 4) is 22.4 Å². The van der Waals surface area contributed by atoms with Crippen molar-refractivity contribution in [2.75, 3.05) is 6.61 Å². The lowest BCUT2D eigenvalue weighted by Crippen LogP contribution is -2.26. The van der Waals surface area contributed by atoms with E-state index in [9.17, 15) is 14.0 Å². The number of ether oxygens (including phenoxy) is 1. The third-order valence-corrected chi connectivity index (χ3v) is 5.59. The molecule has 0 N–H and O–H groups in total. The molecule has 2 aromatic carbocycles. The average molecular weight is 493 g/mol. The second kappa shape index (κ2) is 9.14. The number of carbonyl (C=O) groups is 1. The molecule has 0 unspecified atom stereocenters. The summed E-state index contributed by atoms with van der Waals surface area (Å²) in [6.07, 6.45) is 0. The van der Waals surface area contributed by atoms with Crippen molar-refractivity contribution in [2.24, 2.45) is 0 Å². The van der Waals surface area contributed by atoms with Gasteiger partial charge in [-0.2, -0.15) is 0 Å². The Labute approximate surface area is 187 Å². The summed E-state index contributed by atoms with van der Waals surface area (Å²) in [6, 6.07) is 11.3. The Morgan fingerprint density at radius 3 is 2.40 bits per heavy atom. The third-order valence-electron chi connectivity index (χ3n) is 4.84. The molecule has 1 aromatic heterocycles. The fourth-order valence-corrected chi connectivity index (χ4v) is 4.00. The van der Waals surface area contributed by atoms with Crippen LogP contribution >= 0.6 is 27.5 Å². The maximum Gasteiger partial charge on any atom is 0.344 e. The van der Waals surface area contributed by atoms with E-state index in [1.807, 2.05) is 6.92 Å². The van der Waals surface area contributed by atoms with E-state index in [1.165, 1.54) is 6.07 Å². The second-order valence-electron chi connectivity index (χ2n) is 6.61. The summed E-state index contributed by atoms with van der Waals surface area (Å²) >= 11 is 9.24. The molecule has 0 aliphatic carbocycles. The summed E-state index contributed by atoms with van der Waals surface area (Å²) in [7, 11) is 0. The highest BCUT2D eigenvalue weighted by Gasteiger charge is 2.28. The maximum atomic E-state index is 14.9. The average Bonchev–Trinajstić information content (AvgIpc) is 2.69. The number of nitrogens with zero attached hydrogens (tertiary/aromatic N) is 1. The van der Waals surface area contributed by atoms with Crippen LogP contribution in [0.5, 0.6) is 0 Å². The summed E-state index contributed by atoms with van der Waals surface area (Å²) in [6.45, 7) is 5.83. The number of esters is 1. The maximum absolute atomic E-state index is 14.9. The van der Waals surface area contributed by atoms with Crippen LogP contribution in [0.4, 0.5) is 4.39 Å². The minimum absolute atomic E-state index is 0.0941. The van der Waals surface area contributed by atoms with Crippen molar-refractivity contribution < 1.29 is 13.9 Å². The normalized spacial score (nSPS) is 10.9. The molecule has 30 heavy (non-hydrogen) atoms. The molecule has 0 radical (unpaired) electrons. The molecule has 0 atom stereocenters. The van der Waals surface area contributed by atoms with Crippen molar-refractivity contribution in [3.05, 3.63) is 79.3 Å². The molecule has 0 fully saturated rings. The fraction of sp³-hybridized carbons (Fsp3) is 0.217. The van der Waals surface area contributed by atoms with Crippen molar-refractivity contribution in [3.63, 3.8) is 0 Å². The van der Waals surface area contributed by atoms with Crippen molar-refractivity contribution in [1.29, 1.82) is 0 Å². The fourth-order valence-electron chi connectivity index (χ4n) is 3.54. The summed E-state index contributed by atoms with van der Waals surface area (Å²) in [5.41, 5.74) is 1.28. The number of halogens is 3. The highest BCUT2D eigenvalue weighted by molar-refractivity contribution is 9.10. The molecule has 0 spiro atoms. The number of benzene rings is 2. The van der Waals surface area contributed by atoms with Crippen LogP contribution < -0.4 is 5.43 Å². The molecular formula is C23H20BrClFNO3. The van der Waals surface area contributed by atoms with Gasteiger partial charge < -0.3 is 9.30 Å². The standard InChI is InChI=1S/C23H20BrClFNO3/c1-4-27-13(3)19(14-6-9-16(25)10-7-14)22(28)20(23(29)30-5-2)21(27)17-11-8-15(24)12-18(17)26/h6-12H,4-5H2,1-3H3. The van der Waals surface area contributed by atoms with Crippen molar-refractivity contribution in [1.82, 2.24) is 4.57 Å². The van der Waals surface area contributed by atoms with Crippen LogP contribution in [0.1, 0.15) is 29.9 Å². The van der Waals surface area contributed by atoms with Crippen molar-refractivity contribution >= 4 is 33.5 Å². The van der Waals surface area contributed by atoms with Gasteiger partial charge in [-0.25, -0.2) is 9.18 Å². The monoisotopic (exact) mass is 491 g/mol. The number of rotatable bonds is 5. The van der Waals surface area contributed by atoms with E-state index in [0.717, 1.165) is 0 Å². The number of hydrogen-bond acceptors (Lipinski definition) is 3. The van der Waals surface area contributed by atoms with Crippen LogP contribution in [-0.2, 0) is 11.3 Å². The Kier molecular flexibility index (Phi) is 6.78. The van der Waals surface area contributed by atoms with Gasteiger partial charge in [0.15, 0.2) is 0 Å². The van der Waals surface area contributed by atoms with Crippen LogP contribution in [0.25, 0.3) is 22.4 Å². The van der Waals surface area contributed by atoms with E-state index >= 15 is 0 Å². The van der Waals surface area contributed by atoms with Crippen LogP contribution in [-0.4, -0.2) is 17.1 Å². The zero-order valence-electron chi connectivity index (χ0n) is 16.8. The van der Waals surface area contributed by atoms with Crippen LogP contribution in [0.2, 0.25) is 5.02 Å².